The number of aromatic nitrogens is 2. The number of halogens is 1. The first-order valence-corrected chi connectivity index (χ1v) is 7.67. The number of nitrogens with zero attached hydrogens (tertiary/aromatic N) is 1. The third-order valence-corrected chi connectivity index (χ3v) is 3.92. The Morgan fingerprint density at radius 1 is 1.12 bits per heavy atom. The fourth-order valence-corrected chi connectivity index (χ4v) is 2.71. The smallest absolute Gasteiger partial charge is 0.256 e. The van der Waals surface area contributed by atoms with Crippen LogP contribution in [0, 0.1) is 0 Å². The van der Waals surface area contributed by atoms with E-state index in [2.05, 4.69) is 15.5 Å². The Morgan fingerprint density at radius 3 is 2.83 bits per heavy atom. The summed E-state index contributed by atoms with van der Waals surface area (Å²) in [4.78, 5) is 12.4. The van der Waals surface area contributed by atoms with Gasteiger partial charge in [-0.15, -0.1) is 0 Å². The van der Waals surface area contributed by atoms with Gasteiger partial charge in [-0.2, -0.15) is 5.10 Å². The fraction of sp³-hybridized carbons (Fsp3) is 0. The minimum absolute atomic E-state index is 0.269. The van der Waals surface area contributed by atoms with Crippen molar-refractivity contribution in [1.82, 2.24) is 10.2 Å². The van der Waals surface area contributed by atoms with Crippen molar-refractivity contribution in [3.8, 4) is 11.3 Å². The normalized spacial score (nSPS) is 10.9. The molecule has 0 bridgehead atoms. The zero-order valence-electron chi connectivity index (χ0n) is 12.4. The lowest BCUT2D eigenvalue weighted by Gasteiger charge is -2.04. The van der Waals surface area contributed by atoms with E-state index in [1.54, 1.807) is 30.5 Å². The molecule has 0 saturated heterocycles. The van der Waals surface area contributed by atoms with E-state index in [9.17, 15) is 4.79 Å². The number of aromatic amines is 1. The molecule has 2 N–H and O–H groups in total. The molecule has 0 aliphatic rings. The van der Waals surface area contributed by atoms with Crippen molar-refractivity contribution in [2.24, 2.45) is 0 Å². The second kappa shape index (κ2) is 5.86. The number of carbonyl (C=O) groups excluding carboxylic acids is 1. The molecule has 5 nitrogen and oxygen atoms in total. The van der Waals surface area contributed by atoms with Crippen LogP contribution in [0.2, 0.25) is 5.02 Å². The number of fused-ring (bicyclic) bond motifs is 1. The molecule has 0 saturated carbocycles. The summed E-state index contributed by atoms with van der Waals surface area (Å²) < 4.78 is 5.42. The summed E-state index contributed by atoms with van der Waals surface area (Å²) in [5.74, 6) is 0.947. The Labute approximate surface area is 142 Å². The first-order valence-electron chi connectivity index (χ1n) is 7.29. The largest absolute Gasteiger partial charge is 0.464 e. The van der Waals surface area contributed by atoms with Gasteiger partial charge in [0.2, 0.25) is 0 Å². The molecule has 0 fully saturated rings. The molecule has 2 aromatic heterocycles. The zero-order chi connectivity index (χ0) is 16.5. The number of hydrogen-bond donors (Lipinski definition) is 2. The van der Waals surface area contributed by atoms with Crippen LogP contribution in [0.25, 0.3) is 22.2 Å². The van der Waals surface area contributed by atoms with Gasteiger partial charge in [0.25, 0.3) is 5.91 Å². The van der Waals surface area contributed by atoms with Crippen molar-refractivity contribution in [3.63, 3.8) is 0 Å². The molecule has 2 heterocycles. The highest BCUT2D eigenvalue weighted by atomic mass is 35.5. The monoisotopic (exact) mass is 337 g/mol. The van der Waals surface area contributed by atoms with Gasteiger partial charge in [-0.3, -0.25) is 9.89 Å². The molecule has 118 valence electrons. The maximum Gasteiger partial charge on any atom is 0.256 e. The molecular weight excluding hydrogens is 326 g/mol. The van der Waals surface area contributed by atoms with Crippen molar-refractivity contribution in [2.45, 2.75) is 0 Å². The van der Waals surface area contributed by atoms with Crippen LogP contribution in [0.15, 0.2) is 65.3 Å². The Bertz CT molecular complexity index is 1020. The van der Waals surface area contributed by atoms with Gasteiger partial charge >= 0.3 is 0 Å². The molecule has 2 aromatic carbocycles. The average Bonchev–Trinajstić information content (AvgIpc) is 3.25. The predicted octanol–water partition coefficient (Wildman–Crippen LogP) is 4.73. The van der Waals surface area contributed by atoms with Gasteiger partial charge in [-0.25, -0.2) is 0 Å². The van der Waals surface area contributed by atoms with E-state index in [4.69, 9.17) is 16.0 Å². The number of benzene rings is 2. The summed E-state index contributed by atoms with van der Waals surface area (Å²) in [6, 6.07) is 16.2. The van der Waals surface area contributed by atoms with Gasteiger partial charge in [-0.1, -0.05) is 17.7 Å². The van der Waals surface area contributed by atoms with E-state index in [0.29, 0.717) is 16.4 Å². The number of rotatable bonds is 3. The molecule has 0 aliphatic carbocycles. The van der Waals surface area contributed by atoms with Crippen LogP contribution in [0.5, 0.6) is 0 Å². The lowest BCUT2D eigenvalue weighted by Crippen LogP contribution is -2.12. The van der Waals surface area contributed by atoms with E-state index in [-0.39, 0.29) is 5.91 Å². The number of hydrogen-bond acceptors (Lipinski definition) is 3. The molecule has 0 aliphatic heterocycles. The van der Waals surface area contributed by atoms with Crippen LogP contribution < -0.4 is 5.32 Å². The highest BCUT2D eigenvalue weighted by Gasteiger charge is 2.13. The predicted molar refractivity (Wildman–Crippen MR) is 93.2 cm³/mol. The maximum atomic E-state index is 12.4. The standard InChI is InChI=1S/C18H12ClN3O2/c19-13-4-1-3-12(9-13)18(23)20-17-14-10-11(16-5-2-8-24-16)6-7-15(14)21-22-17/h1-10H,(H2,20,21,22,23). The SMILES string of the molecule is O=C(Nc1n[nH]c2ccc(-c3ccco3)cc12)c1cccc(Cl)c1. The summed E-state index contributed by atoms with van der Waals surface area (Å²) in [6.07, 6.45) is 1.62. The van der Waals surface area contributed by atoms with Crippen LogP contribution in [-0.4, -0.2) is 16.1 Å². The number of nitrogens with one attached hydrogen (secondary N) is 2. The first-order chi connectivity index (χ1) is 11.7. The van der Waals surface area contributed by atoms with Crippen molar-refractivity contribution in [2.75, 3.05) is 5.32 Å². The number of furan rings is 1. The fourth-order valence-electron chi connectivity index (χ4n) is 2.51. The Balaban J connectivity index is 1.69. The van der Waals surface area contributed by atoms with Crippen LogP contribution in [0.4, 0.5) is 5.82 Å². The zero-order valence-corrected chi connectivity index (χ0v) is 13.2. The third-order valence-electron chi connectivity index (χ3n) is 3.69. The molecule has 4 aromatic rings. The minimum Gasteiger partial charge on any atom is -0.464 e. The van der Waals surface area contributed by atoms with Crippen molar-refractivity contribution < 1.29 is 9.21 Å². The number of H-pyrrole nitrogens is 1. The van der Waals surface area contributed by atoms with Gasteiger partial charge < -0.3 is 9.73 Å². The van der Waals surface area contributed by atoms with E-state index in [1.165, 1.54) is 0 Å². The topological polar surface area (TPSA) is 70.9 Å². The van der Waals surface area contributed by atoms with E-state index >= 15 is 0 Å². The average molecular weight is 338 g/mol. The molecule has 0 unspecified atom stereocenters. The summed E-state index contributed by atoms with van der Waals surface area (Å²) in [5.41, 5.74) is 2.21. The van der Waals surface area contributed by atoms with Crippen molar-refractivity contribution in [1.29, 1.82) is 0 Å². The van der Waals surface area contributed by atoms with Crippen LogP contribution >= 0.6 is 11.6 Å². The van der Waals surface area contributed by atoms with Crippen molar-refractivity contribution in [3.05, 3.63) is 71.4 Å². The Morgan fingerprint density at radius 2 is 2.04 bits per heavy atom. The molecule has 0 spiro atoms. The van der Waals surface area contributed by atoms with Crippen LogP contribution in [0.3, 0.4) is 0 Å². The summed E-state index contributed by atoms with van der Waals surface area (Å²) >= 11 is 5.93. The second-order valence-corrected chi connectivity index (χ2v) is 5.71. The Hall–Kier alpha value is -3.05. The first kappa shape index (κ1) is 14.5. The summed E-state index contributed by atoms with van der Waals surface area (Å²) in [7, 11) is 0. The lowest BCUT2D eigenvalue weighted by atomic mass is 10.1. The van der Waals surface area contributed by atoms with Gasteiger partial charge in [-0.05, 0) is 48.5 Å². The number of amides is 1. The van der Waals surface area contributed by atoms with Gasteiger partial charge in [0.15, 0.2) is 5.82 Å². The van der Waals surface area contributed by atoms with Crippen molar-refractivity contribution >= 4 is 34.2 Å². The summed E-state index contributed by atoms with van der Waals surface area (Å²) in [5, 5.41) is 11.2. The molecule has 6 heteroatoms. The van der Waals surface area contributed by atoms with Gasteiger partial charge in [0, 0.05) is 21.5 Å². The number of carbonyl (C=O) groups is 1. The third kappa shape index (κ3) is 2.66. The van der Waals surface area contributed by atoms with Crippen LogP contribution in [-0.2, 0) is 0 Å². The molecule has 1 amide bonds. The Kier molecular flexibility index (Phi) is 3.55. The van der Waals surface area contributed by atoms with E-state index in [1.807, 2.05) is 30.3 Å². The molecular formula is C18H12ClN3O2. The van der Waals surface area contributed by atoms with Gasteiger partial charge in [0.05, 0.1) is 11.8 Å². The summed E-state index contributed by atoms with van der Waals surface area (Å²) in [6.45, 7) is 0. The highest BCUT2D eigenvalue weighted by molar-refractivity contribution is 6.31. The van der Waals surface area contributed by atoms with E-state index < -0.39 is 0 Å². The molecule has 4 rings (SSSR count). The molecule has 24 heavy (non-hydrogen) atoms. The van der Waals surface area contributed by atoms with Gasteiger partial charge in [0.1, 0.15) is 5.76 Å². The van der Waals surface area contributed by atoms with E-state index in [0.717, 1.165) is 22.2 Å². The molecule has 0 atom stereocenters. The highest BCUT2D eigenvalue weighted by Crippen LogP contribution is 2.28. The number of anilines is 1. The minimum atomic E-state index is -0.269. The quantitative estimate of drug-likeness (QED) is 0.567. The lowest BCUT2D eigenvalue weighted by molar-refractivity contribution is 0.102. The maximum absolute atomic E-state index is 12.4. The van der Waals surface area contributed by atoms with Crippen LogP contribution in [0.1, 0.15) is 10.4 Å². The molecule has 0 radical (unpaired) electrons. The second-order valence-electron chi connectivity index (χ2n) is 5.27.